The summed E-state index contributed by atoms with van der Waals surface area (Å²) in [5.74, 6) is 1.52. The molecule has 1 aliphatic carbocycles. The van der Waals surface area contributed by atoms with Crippen LogP contribution in [0.2, 0.25) is 5.02 Å². The van der Waals surface area contributed by atoms with Crippen molar-refractivity contribution >= 4 is 34.6 Å². The van der Waals surface area contributed by atoms with E-state index in [0.29, 0.717) is 33.1 Å². The number of nitrogens with zero attached hydrogens (tertiary/aromatic N) is 4. The number of nitrogens with one attached hydrogen (secondary N) is 1. The number of fused-ring (bicyclic) bond motifs is 2. The highest BCUT2D eigenvalue weighted by Crippen LogP contribution is 2.37. The van der Waals surface area contributed by atoms with Crippen LogP contribution in [-0.2, 0) is 16.1 Å². The van der Waals surface area contributed by atoms with Crippen LogP contribution in [0.4, 0.5) is 5.95 Å². The topological polar surface area (TPSA) is 89.3 Å². The Morgan fingerprint density at radius 1 is 1.21 bits per heavy atom. The zero-order chi connectivity index (χ0) is 22.9. The number of hydrazine groups is 1. The van der Waals surface area contributed by atoms with Crippen molar-refractivity contribution in [3.05, 3.63) is 51.9 Å². The highest BCUT2D eigenvalue weighted by Gasteiger charge is 2.36. The first kappa shape index (κ1) is 21.9. The van der Waals surface area contributed by atoms with Gasteiger partial charge in [-0.15, -0.1) is 0 Å². The summed E-state index contributed by atoms with van der Waals surface area (Å²) in [5.41, 5.74) is 4.65. The van der Waals surface area contributed by atoms with Crippen molar-refractivity contribution in [3.63, 3.8) is 0 Å². The molecule has 1 saturated carbocycles. The minimum atomic E-state index is -0.397. The third-order valence-electron chi connectivity index (χ3n) is 6.60. The Balaban J connectivity index is 1.52. The molecule has 0 radical (unpaired) electrons. The first-order valence-corrected chi connectivity index (χ1v) is 11.7. The zero-order valence-electron chi connectivity index (χ0n) is 18.5. The minimum absolute atomic E-state index is 0.0680. The number of halogens is 1. The largest absolute Gasteiger partial charge is 0.464 e. The van der Waals surface area contributed by atoms with E-state index in [9.17, 15) is 9.59 Å². The molecule has 2 unspecified atom stereocenters. The minimum Gasteiger partial charge on any atom is -0.464 e. The summed E-state index contributed by atoms with van der Waals surface area (Å²) in [6.45, 7) is 3.56. The van der Waals surface area contributed by atoms with Gasteiger partial charge < -0.3 is 4.74 Å². The molecular weight excluding hydrogens is 442 g/mol. The molecule has 2 aromatic heterocycles. The monoisotopic (exact) mass is 467 g/mol. The maximum Gasteiger partial charge on any atom is 0.302 e. The highest BCUT2D eigenvalue weighted by atomic mass is 35.5. The fraction of sp³-hybridized carbons (Fsp3) is 0.417. The van der Waals surface area contributed by atoms with Gasteiger partial charge in [-0.25, -0.2) is 9.99 Å². The highest BCUT2D eigenvalue weighted by molar-refractivity contribution is 6.33. The average Bonchev–Trinajstić information content (AvgIpc) is 3.37. The molecule has 1 aromatic carbocycles. The van der Waals surface area contributed by atoms with Crippen LogP contribution >= 0.6 is 11.6 Å². The SMILES string of the molecule is CC(=O)OCCn1c(=O)c(-c2ccccc2Cl)cc2cnc(NN3CC4CCCC4C3)nc21. The van der Waals surface area contributed by atoms with Crippen LogP contribution in [0.15, 0.2) is 41.3 Å². The summed E-state index contributed by atoms with van der Waals surface area (Å²) >= 11 is 6.38. The lowest BCUT2D eigenvalue weighted by molar-refractivity contribution is -0.141. The van der Waals surface area contributed by atoms with E-state index < -0.39 is 5.97 Å². The second-order valence-corrected chi connectivity index (χ2v) is 9.18. The Morgan fingerprint density at radius 2 is 1.97 bits per heavy atom. The van der Waals surface area contributed by atoms with Crippen molar-refractivity contribution in [2.75, 3.05) is 25.1 Å². The van der Waals surface area contributed by atoms with Crippen LogP contribution < -0.4 is 11.0 Å². The molecule has 2 atom stereocenters. The number of hydrogen-bond acceptors (Lipinski definition) is 7. The molecule has 0 bridgehead atoms. The van der Waals surface area contributed by atoms with Crippen molar-refractivity contribution in [1.82, 2.24) is 19.5 Å². The van der Waals surface area contributed by atoms with Gasteiger partial charge in [-0.3, -0.25) is 19.6 Å². The van der Waals surface area contributed by atoms with Crippen LogP contribution in [0.3, 0.4) is 0 Å². The van der Waals surface area contributed by atoms with Gasteiger partial charge in [0.2, 0.25) is 5.95 Å². The summed E-state index contributed by atoms with van der Waals surface area (Å²) in [4.78, 5) is 33.9. The maximum absolute atomic E-state index is 13.5. The molecule has 1 aliphatic heterocycles. The summed E-state index contributed by atoms with van der Waals surface area (Å²) in [7, 11) is 0. The van der Waals surface area contributed by atoms with Gasteiger partial charge in [-0.1, -0.05) is 36.2 Å². The van der Waals surface area contributed by atoms with E-state index in [4.69, 9.17) is 16.3 Å². The molecule has 2 aliphatic rings. The Labute approximate surface area is 196 Å². The number of anilines is 1. The number of benzene rings is 1. The van der Waals surface area contributed by atoms with Crippen molar-refractivity contribution in [2.24, 2.45) is 11.8 Å². The van der Waals surface area contributed by atoms with Crippen molar-refractivity contribution < 1.29 is 9.53 Å². The molecule has 33 heavy (non-hydrogen) atoms. The number of aromatic nitrogens is 3. The van der Waals surface area contributed by atoms with Crippen molar-refractivity contribution in [1.29, 1.82) is 0 Å². The van der Waals surface area contributed by atoms with Gasteiger partial charge in [0, 0.05) is 47.7 Å². The fourth-order valence-electron chi connectivity index (χ4n) is 5.04. The molecule has 9 heteroatoms. The van der Waals surface area contributed by atoms with E-state index in [2.05, 4.69) is 20.4 Å². The Kier molecular flexibility index (Phi) is 6.03. The number of carbonyl (C=O) groups is 1. The average molecular weight is 468 g/mol. The number of esters is 1. The summed E-state index contributed by atoms with van der Waals surface area (Å²) < 4.78 is 6.64. The van der Waals surface area contributed by atoms with E-state index in [0.717, 1.165) is 24.9 Å². The van der Waals surface area contributed by atoms with Gasteiger partial charge >= 0.3 is 5.97 Å². The molecule has 3 heterocycles. The quantitative estimate of drug-likeness (QED) is 0.552. The maximum atomic E-state index is 13.5. The van der Waals surface area contributed by atoms with E-state index in [1.54, 1.807) is 18.3 Å². The van der Waals surface area contributed by atoms with Gasteiger partial charge in [-0.05, 0) is 36.8 Å². The van der Waals surface area contributed by atoms with Crippen molar-refractivity contribution in [2.45, 2.75) is 32.7 Å². The second kappa shape index (κ2) is 9.11. The molecule has 3 aromatic rings. The lowest BCUT2D eigenvalue weighted by Gasteiger charge is -2.19. The van der Waals surface area contributed by atoms with E-state index >= 15 is 0 Å². The lowest BCUT2D eigenvalue weighted by atomic mass is 10.0. The van der Waals surface area contributed by atoms with Crippen LogP contribution in [0.5, 0.6) is 0 Å². The predicted octanol–water partition coefficient (Wildman–Crippen LogP) is 3.73. The second-order valence-electron chi connectivity index (χ2n) is 8.78. The third kappa shape index (κ3) is 4.45. The standard InChI is InChI=1S/C24H26ClN5O3/c1-15(31)33-10-9-30-22-18(11-20(23(30)32)19-7-2-3-8-21(19)25)12-26-24(27-22)28-29-13-16-5-4-6-17(16)14-29/h2-3,7-8,11-12,16-17H,4-6,9-10,13-14H2,1H3,(H,26,27,28). The smallest absolute Gasteiger partial charge is 0.302 e. The first-order chi connectivity index (χ1) is 16.0. The summed E-state index contributed by atoms with van der Waals surface area (Å²) in [6.07, 6.45) is 5.59. The van der Waals surface area contributed by atoms with Crippen molar-refractivity contribution in [3.8, 4) is 11.1 Å². The number of rotatable bonds is 6. The summed E-state index contributed by atoms with van der Waals surface area (Å²) in [6, 6.07) is 8.98. The number of carbonyl (C=O) groups excluding carboxylic acids is 1. The molecule has 1 N–H and O–H groups in total. The van der Waals surface area contributed by atoms with E-state index in [1.807, 2.05) is 18.2 Å². The first-order valence-electron chi connectivity index (χ1n) is 11.3. The van der Waals surface area contributed by atoms with E-state index in [-0.39, 0.29) is 18.7 Å². The molecule has 172 valence electrons. The van der Waals surface area contributed by atoms with Crippen LogP contribution in [0.25, 0.3) is 22.2 Å². The molecule has 8 nitrogen and oxygen atoms in total. The fourth-order valence-corrected chi connectivity index (χ4v) is 5.28. The van der Waals surface area contributed by atoms with Crippen LogP contribution in [0, 0.1) is 11.8 Å². The van der Waals surface area contributed by atoms with Gasteiger partial charge in [0.05, 0.1) is 6.54 Å². The Hall–Kier alpha value is -2.97. The molecular formula is C24H26ClN5O3. The third-order valence-corrected chi connectivity index (χ3v) is 6.93. The molecule has 1 saturated heterocycles. The molecule has 5 rings (SSSR count). The molecule has 2 fully saturated rings. The number of ether oxygens (including phenoxy) is 1. The van der Waals surface area contributed by atoms with Crippen LogP contribution in [0.1, 0.15) is 26.2 Å². The summed E-state index contributed by atoms with van der Waals surface area (Å²) in [5, 5.41) is 3.37. The van der Waals surface area contributed by atoms with E-state index in [1.165, 1.54) is 30.8 Å². The Bertz CT molecular complexity index is 1250. The lowest BCUT2D eigenvalue weighted by Crippen LogP contribution is -2.30. The molecule has 0 spiro atoms. The Morgan fingerprint density at radius 3 is 2.70 bits per heavy atom. The van der Waals surface area contributed by atoms with Gasteiger partial charge in [0.15, 0.2) is 0 Å². The number of hydrogen-bond donors (Lipinski definition) is 1. The normalized spacial score (nSPS) is 20.2. The zero-order valence-corrected chi connectivity index (χ0v) is 19.2. The van der Waals surface area contributed by atoms with Gasteiger partial charge in [-0.2, -0.15) is 4.98 Å². The van der Waals surface area contributed by atoms with Crippen LogP contribution in [-0.4, -0.2) is 45.2 Å². The number of pyridine rings is 1. The predicted molar refractivity (Wildman–Crippen MR) is 127 cm³/mol. The molecule has 0 amide bonds. The van der Waals surface area contributed by atoms with Gasteiger partial charge in [0.25, 0.3) is 5.56 Å². The van der Waals surface area contributed by atoms with Gasteiger partial charge in [0.1, 0.15) is 12.3 Å².